The van der Waals surface area contributed by atoms with Crippen LogP contribution < -0.4 is 16.4 Å². The fourth-order valence-electron chi connectivity index (χ4n) is 5.86. The number of carbonyl (C=O) groups excluding carboxylic acids is 2. The Balaban J connectivity index is 0.00000245. The van der Waals surface area contributed by atoms with Crippen LogP contribution in [0.4, 0.5) is 5.69 Å². The minimum atomic E-state index is -0.441. The first kappa shape index (κ1) is 22.8. The van der Waals surface area contributed by atoms with Crippen molar-refractivity contribution >= 4 is 29.8 Å². The van der Waals surface area contributed by atoms with E-state index in [1.807, 2.05) is 23.7 Å². The number of ketones is 1. The Hall–Kier alpha value is -2.38. The standard InChI is InChI=1S/C24H31N5O2.ClH/c1-13-22-20(9-24(2,3)10-21(22)30)29(28-13)17-4-5-18(23(25)31)19(8-17)27-16-6-14-11-26-12-15(14)7-16;/h4-5,8,14-16,26-27H,6-7,9-12H2,1-3H3,(H2,25,31);1H. The average molecular weight is 458 g/mol. The maximum atomic E-state index is 12.8. The van der Waals surface area contributed by atoms with Gasteiger partial charge in [0.2, 0.25) is 0 Å². The van der Waals surface area contributed by atoms with Gasteiger partial charge in [-0.3, -0.25) is 9.59 Å². The number of anilines is 1. The Kier molecular flexibility index (Phi) is 5.84. The van der Waals surface area contributed by atoms with E-state index >= 15 is 0 Å². The second-order valence-electron chi connectivity index (χ2n) is 10.3. The highest BCUT2D eigenvalue weighted by molar-refractivity contribution is 6.00. The van der Waals surface area contributed by atoms with Gasteiger partial charge in [-0.05, 0) is 74.7 Å². The Bertz CT molecular complexity index is 1060. The van der Waals surface area contributed by atoms with E-state index in [1.54, 1.807) is 6.07 Å². The highest BCUT2D eigenvalue weighted by atomic mass is 35.5. The average Bonchev–Trinajstić information content (AvgIpc) is 3.34. The van der Waals surface area contributed by atoms with Crippen molar-refractivity contribution in [2.75, 3.05) is 18.4 Å². The maximum Gasteiger partial charge on any atom is 0.250 e. The number of nitrogens with two attached hydrogens (primary N) is 1. The van der Waals surface area contributed by atoms with Gasteiger partial charge in [-0.25, -0.2) is 4.68 Å². The van der Waals surface area contributed by atoms with Crippen molar-refractivity contribution in [3.63, 3.8) is 0 Å². The van der Waals surface area contributed by atoms with Gasteiger partial charge in [-0.15, -0.1) is 12.4 Å². The molecule has 32 heavy (non-hydrogen) atoms. The minimum Gasteiger partial charge on any atom is -0.382 e. The molecule has 2 heterocycles. The van der Waals surface area contributed by atoms with Crippen LogP contribution >= 0.6 is 12.4 Å². The number of hydrogen-bond acceptors (Lipinski definition) is 5. The highest BCUT2D eigenvalue weighted by Crippen LogP contribution is 2.39. The Morgan fingerprint density at radius 2 is 1.91 bits per heavy atom. The first-order chi connectivity index (χ1) is 14.7. The lowest BCUT2D eigenvalue weighted by molar-refractivity contribution is 0.0909. The molecule has 1 aromatic carbocycles. The quantitative estimate of drug-likeness (QED) is 0.654. The van der Waals surface area contributed by atoms with Gasteiger partial charge in [0.05, 0.1) is 28.2 Å². The second kappa shape index (κ2) is 8.19. The Morgan fingerprint density at radius 3 is 2.56 bits per heavy atom. The van der Waals surface area contributed by atoms with Crippen LogP contribution in [-0.4, -0.2) is 40.6 Å². The van der Waals surface area contributed by atoms with Gasteiger partial charge in [0.1, 0.15) is 0 Å². The first-order valence-corrected chi connectivity index (χ1v) is 11.2. The number of hydrogen-bond donors (Lipinski definition) is 3. The molecule has 1 amide bonds. The first-order valence-electron chi connectivity index (χ1n) is 11.2. The number of aryl methyl sites for hydroxylation is 1. The molecular formula is C24H32ClN5O2. The Morgan fingerprint density at radius 1 is 1.22 bits per heavy atom. The van der Waals surface area contributed by atoms with Crippen molar-refractivity contribution in [1.29, 1.82) is 0 Å². The second-order valence-corrected chi connectivity index (χ2v) is 10.3. The fraction of sp³-hybridized carbons (Fsp3) is 0.542. The van der Waals surface area contributed by atoms with Crippen LogP contribution in [0.3, 0.4) is 0 Å². The molecule has 1 saturated heterocycles. The number of amides is 1. The maximum absolute atomic E-state index is 12.8. The molecule has 0 radical (unpaired) electrons. The zero-order valence-electron chi connectivity index (χ0n) is 18.9. The SMILES string of the molecule is Cc1nn(-c2ccc(C(N)=O)c(NC3CC4CNCC4C3)c2)c2c1C(=O)CC(C)(C)C2.Cl. The summed E-state index contributed by atoms with van der Waals surface area (Å²) in [6.07, 6.45) is 3.52. The zero-order valence-corrected chi connectivity index (χ0v) is 19.7. The third-order valence-electron chi connectivity index (χ3n) is 7.25. The molecule has 8 heteroatoms. The Labute approximate surface area is 194 Å². The van der Waals surface area contributed by atoms with Crippen LogP contribution in [-0.2, 0) is 6.42 Å². The summed E-state index contributed by atoms with van der Waals surface area (Å²) in [6.45, 7) is 8.29. The summed E-state index contributed by atoms with van der Waals surface area (Å²) >= 11 is 0. The molecular weight excluding hydrogens is 426 g/mol. The number of carbonyl (C=O) groups is 2. The smallest absolute Gasteiger partial charge is 0.250 e. The molecule has 2 atom stereocenters. The number of fused-ring (bicyclic) bond motifs is 2. The lowest BCUT2D eigenvalue weighted by atomic mass is 9.75. The number of halogens is 1. The number of rotatable bonds is 4. The van der Waals surface area contributed by atoms with Gasteiger partial charge in [0, 0.05) is 18.2 Å². The van der Waals surface area contributed by atoms with E-state index in [9.17, 15) is 9.59 Å². The number of Topliss-reactive ketones (excluding diaryl/α,β-unsaturated/α-hetero) is 1. The van der Waals surface area contributed by atoms with E-state index in [-0.39, 0.29) is 23.6 Å². The topological polar surface area (TPSA) is 102 Å². The van der Waals surface area contributed by atoms with E-state index in [2.05, 4.69) is 24.5 Å². The van der Waals surface area contributed by atoms with E-state index < -0.39 is 5.91 Å². The van der Waals surface area contributed by atoms with Crippen molar-refractivity contribution in [3.05, 3.63) is 40.7 Å². The van der Waals surface area contributed by atoms with Gasteiger partial charge in [-0.2, -0.15) is 5.10 Å². The van der Waals surface area contributed by atoms with E-state index in [4.69, 9.17) is 10.8 Å². The van der Waals surface area contributed by atoms with Gasteiger partial charge in [0.25, 0.3) is 5.91 Å². The third-order valence-corrected chi connectivity index (χ3v) is 7.25. The molecule has 2 aliphatic carbocycles. The van der Waals surface area contributed by atoms with Crippen LogP contribution in [0, 0.1) is 24.2 Å². The summed E-state index contributed by atoms with van der Waals surface area (Å²) in [4.78, 5) is 24.9. The normalized spacial score (nSPS) is 25.7. The molecule has 7 nitrogen and oxygen atoms in total. The molecule has 3 aliphatic rings. The summed E-state index contributed by atoms with van der Waals surface area (Å²) < 4.78 is 1.88. The van der Waals surface area contributed by atoms with Gasteiger partial charge >= 0.3 is 0 Å². The van der Waals surface area contributed by atoms with Crippen LogP contribution in [0.2, 0.25) is 0 Å². The molecule has 5 rings (SSSR count). The molecule has 0 bridgehead atoms. The predicted octanol–water partition coefficient (Wildman–Crippen LogP) is 3.27. The number of benzene rings is 1. The van der Waals surface area contributed by atoms with Crippen molar-refractivity contribution in [2.24, 2.45) is 23.0 Å². The monoisotopic (exact) mass is 457 g/mol. The van der Waals surface area contributed by atoms with Crippen molar-refractivity contribution in [1.82, 2.24) is 15.1 Å². The molecule has 2 unspecified atom stereocenters. The number of nitrogens with one attached hydrogen (secondary N) is 2. The van der Waals surface area contributed by atoms with Crippen LogP contribution in [0.25, 0.3) is 5.69 Å². The van der Waals surface area contributed by atoms with E-state index in [0.717, 1.165) is 60.7 Å². The zero-order chi connectivity index (χ0) is 21.9. The summed E-state index contributed by atoms with van der Waals surface area (Å²) in [5.74, 6) is 1.12. The van der Waals surface area contributed by atoms with Crippen molar-refractivity contribution < 1.29 is 9.59 Å². The molecule has 2 fully saturated rings. The highest BCUT2D eigenvalue weighted by Gasteiger charge is 2.38. The fourth-order valence-corrected chi connectivity index (χ4v) is 5.86. The summed E-state index contributed by atoms with van der Waals surface area (Å²) in [5.41, 5.74) is 10.2. The molecule has 172 valence electrons. The summed E-state index contributed by atoms with van der Waals surface area (Å²) in [5, 5.41) is 11.8. The van der Waals surface area contributed by atoms with E-state index in [1.165, 1.54) is 0 Å². The number of nitrogens with zero attached hydrogens (tertiary/aromatic N) is 2. The largest absolute Gasteiger partial charge is 0.382 e. The predicted molar refractivity (Wildman–Crippen MR) is 127 cm³/mol. The molecule has 1 aromatic heterocycles. The number of primary amides is 1. The summed E-state index contributed by atoms with van der Waals surface area (Å²) in [7, 11) is 0. The van der Waals surface area contributed by atoms with Gasteiger partial charge in [0.15, 0.2) is 5.78 Å². The number of aromatic nitrogens is 2. The lowest BCUT2D eigenvalue weighted by Gasteiger charge is -2.29. The van der Waals surface area contributed by atoms with Gasteiger partial charge in [-0.1, -0.05) is 13.8 Å². The van der Waals surface area contributed by atoms with Crippen molar-refractivity contribution in [3.8, 4) is 5.69 Å². The molecule has 2 aromatic rings. The van der Waals surface area contributed by atoms with Gasteiger partial charge < -0.3 is 16.4 Å². The summed E-state index contributed by atoms with van der Waals surface area (Å²) in [6, 6.07) is 5.94. The molecule has 1 aliphatic heterocycles. The van der Waals surface area contributed by atoms with Crippen LogP contribution in [0.5, 0.6) is 0 Å². The van der Waals surface area contributed by atoms with E-state index in [0.29, 0.717) is 29.9 Å². The van der Waals surface area contributed by atoms with Crippen molar-refractivity contribution in [2.45, 2.75) is 52.5 Å². The third kappa shape index (κ3) is 3.92. The molecule has 0 spiro atoms. The van der Waals surface area contributed by atoms with Crippen LogP contribution in [0.15, 0.2) is 18.2 Å². The lowest BCUT2D eigenvalue weighted by Crippen LogP contribution is -2.28. The van der Waals surface area contributed by atoms with Crippen LogP contribution in [0.1, 0.15) is 65.2 Å². The molecule has 1 saturated carbocycles. The minimum absolute atomic E-state index is 0. The molecule has 4 N–H and O–H groups in total.